The number of hydrogen-bond donors (Lipinski definition) is 2. The monoisotopic (exact) mass is 449 g/mol. The molecule has 0 unspecified atom stereocenters. The van der Waals surface area contributed by atoms with Gasteiger partial charge in [0.15, 0.2) is 10.9 Å². The summed E-state index contributed by atoms with van der Waals surface area (Å²) in [7, 11) is 0. The van der Waals surface area contributed by atoms with Crippen LogP contribution < -0.4 is 10.9 Å². The highest BCUT2D eigenvalue weighted by Crippen LogP contribution is 2.34. The average molecular weight is 450 g/mol. The third-order valence-corrected chi connectivity index (χ3v) is 6.63. The number of rotatable bonds is 5. The number of Topliss-reactive ketones (excluding diaryl/α,β-unsaturated/α-hetero) is 1. The van der Waals surface area contributed by atoms with Gasteiger partial charge in [-0.3, -0.25) is 19.7 Å². The van der Waals surface area contributed by atoms with Crippen LogP contribution in [0.4, 0.5) is 5.13 Å². The van der Waals surface area contributed by atoms with Crippen molar-refractivity contribution in [2.75, 3.05) is 5.32 Å². The summed E-state index contributed by atoms with van der Waals surface area (Å²) in [6, 6.07) is 9.70. The Hall–Kier alpha value is -3.06. The SMILES string of the molecule is CCCc1ccc(-c2nc(NC(=O)c3cc4c([nH]c3=O)CC(C)(C)CC4=O)sc2C)cc1. The first kappa shape index (κ1) is 22.1. The second-order valence-corrected chi connectivity index (χ2v) is 10.4. The molecule has 0 spiro atoms. The van der Waals surface area contributed by atoms with Crippen LogP contribution in [0, 0.1) is 12.3 Å². The van der Waals surface area contributed by atoms with Crippen LogP contribution in [0.2, 0.25) is 0 Å². The molecule has 1 aliphatic rings. The summed E-state index contributed by atoms with van der Waals surface area (Å²) >= 11 is 1.36. The molecule has 4 rings (SSSR count). The molecular weight excluding hydrogens is 422 g/mol. The number of fused-ring (bicyclic) bond motifs is 1. The fourth-order valence-electron chi connectivity index (χ4n) is 4.20. The molecule has 1 aromatic carbocycles. The number of nitrogens with zero attached hydrogens (tertiary/aromatic N) is 1. The van der Waals surface area contributed by atoms with Gasteiger partial charge in [-0.05, 0) is 36.8 Å². The smallest absolute Gasteiger partial charge is 0.263 e. The predicted molar refractivity (Wildman–Crippen MR) is 128 cm³/mol. The van der Waals surface area contributed by atoms with Crippen LogP contribution in [0.25, 0.3) is 11.3 Å². The summed E-state index contributed by atoms with van der Waals surface area (Å²) in [5.41, 5.74) is 3.33. The summed E-state index contributed by atoms with van der Waals surface area (Å²) in [5.74, 6) is -0.620. The van der Waals surface area contributed by atoms with Gasteiger partial charge in [0, 0.05) is 28.1 Å². The van der Waals surface area contributed by atoms with Crippen LogP contribution in [0.5, 0.6) is 0 Å². The van der Waals surface area contributed by atoms with Crippen molar-refractivity contribution in [3.8, 4) is 11.3 Å². The Balaban J connectivity index is 1.58. The summed E-state index contributed by atoms with van der Waals surface area (Å²) in [5, 5.41) is 3.16. The van der Waals surface area contributed by atoms with Gasteiger partial charge in [-0.25, -0.2) is 4.98 Å². The number of aromatic nitrogens is 2. The molecule has 1 amide bonds. The first-order chi connectivity index (χ1) is 15.2. The number of benzene rings is 1. The minimum atomic E-state index is -0.565. The molecule has 0 bridgehead atoms. The van der Waals surface area contributed by atoms with Crippen LogP contribution in [-0.4, -0.2) is 21.7 Å². The van der Waals surface area contributed by atoms with Gasteiger partial charge in [-0.15, -0.1) is 11.3 Å². The lowest BCUT2D eigenvalue weighted by atomic mass is 9.75. The van der Waals surface area contributed by atoms with Crippen LogP contribution in [-0.2, 0) is 12.8 Å². The van der Waals surface area contributed by atoms with E-state index in [9.17, 15) is 14.4 Å². The maximum atomic E-state index is 12.9. The van der Waals surface area contributed by atoms with Gasteiger partial charge in [-0.2, -0.15) is 0 Å². The Morgan fingerprint density at radius 1 is 1.19 bits per heavy atom. The number of thiazole rings is 1. The fraction of sp³-hybridized carbons (Fsp3) is 0.360. The molecule has 0 aliphatic heterocycles. The quantitative estimate of drug-likeness (QED) is 0.562. The maximum absolute atomic E-state index is 12.9. The molecule has 0 saturated heterocycles. The minimum Gasteiger partial charge on any atom is -0.325 e. The van der Waals surface area contributed by atoms with Gasteiger partial charge >= 0.3 is 0 Å². The molecule has 0 saturated carbocycles. The van der Waals surface area contributed by atoms with Gasteiger partial charge in [0.05, 0.1) is 5.69 Å². The number of hydrogen-bond acceptors (Lipinski definition) is 5. The highest BCUT2D eigenvalue weighted by atomic mass is 32.1. The molecule has 0 fully saturated rings. The summed E-state index contributed by atoms with van der Waals surface area (Å²) in [6.07, 6.45) is 3.11. The number of H-pyrrole nitrogens is 1. The van der Waals surface area contributed by atoms with E-state index in [1.165, 1.54) is 23.0 Å². The molecule has 2 N–H and O–H groups in total. The molecule has 166 valence electrons. The van der Waals surface area contributed by atoms with E-state index in [-0.39, 0.29) is 16.8 Å². The summed E-state index contributed by atoms with van der Waals surface area (Å²) in [6.45, 7) is 8.09. The fourth-order valence-corrected chi connectivity index (χ4v) is 5.03. The first-order valence-electron chi connectivity index (χ1n) is 10.8. The number of anilines is 1. The number of carbonyl (C=O) groups excluding carboxylic acids is 2. The number of nitrogens with one attached hydrogen (secondary N) is 2. The topological polar surface area (TPSA) is 91.9 Å². The van der Waals surface area contributed by atoms with E-state index in [0.29, 0.717) is 29.2 Å². The third kappa shape index (κ3) is 4.43. The Labute approximate surface area is 191 Å². The Kier molecular flexibility index (Phi) is 5.86. The molecule has 6 nitrogen and oxygen atoms in total. The highest BCUT2D eigenvalue weighted by Gasteiger charge is 2.32. The molecule has 2 aromatic heterocycles. The largest absolute Gasteiger partial charge is 0.325 e. The number of aryl methyl sites for hydroxylation is 2. The molecule has 0 radical (unpaired) electrons. The summed E-state index contributed by atoms with van der Waals surface area (Å²) in [4.78, 5) is 46.3. The molecule has 3 aromatic rings. The number of carbonyl (C=O) groups is 2. The van der Waals surface area contributed by atoms with Gasteiger partial charge in [0.25, 0.3) is 11.5 Å². The first-order valence-corrected chi connectivity index (χ1v) is 11.7. The predicted octanol–water partition coefficient (Wildman–Crippen LogP) is 5.17. The number of ketones is 1. The van der Waals surface area contributed by atoms with Crippen molar-refractivity contribution in [1.82, 2.24) is 9.97 Å². The second kappa shape index (κ2) is 8.47. The zero-order valence-corrected chi connectivity index (χ0v) is 19.6. The Morgan fingerprint density at radius 2 is 1.91 bits per heavy atom. The zero-order valence-electron chi connectivity index (χ0n) is 18.8. The molecule has 0 atom stereocenters. The van der Waals surface area contributed by atoms with Crippen LogP contribution in [0.1, 0.15) is 70.5 Å². The Bertz CT molecular complexity index is 1250. The Morgan fingerprint density at radius 3 is 2.59 bits per heavy atom. The lowest BCUT2D eigenvalue weighted by Gasteiger charge is -2.29. The highest BCUT2D eigenvalue weighted by molar-refractivity contribution is 7.16. The standard InChI is InChI=1S/C25H27N3O3S/c1-5-6-15-7-9-16(10-8-15)21-14(2)32-24(27-21)28-23(31)18-11-17-19(26-22(18)30)12-25(3,4)13-20(17)29/h7-11H,5-6,12-13H2,1-4H3,(H,26,30)(H,27,28,31). The van der Waals surface area contributed by atoms with E-state index in [1.54, 1.807) is 0 Å². The molecule has 32 heavy (non-hydrogen) atoms. The lowest BCUT2D eigenvalue weighted by molar-refractivity contribution is 0.0910. The van der Waals surface area contributed by atoms with Crippen LogP contribution in [0.15, 0.2) is 35.1 Å². The van der Waals surface area contributed by atoms with Crippen molar-refractivity contribution < 1.29 is 9.59 Å². The van der Waals surface area contributed by atoms with Gasteiger partial charge < -0.3 is 4.98 Å². The van der Waals surface area contributed by atoms with Crippen molar-refractivity contribution >= 4 is 28.2 Å². The normalized spacial score (nSPS) is 14.8. The van der Waals surface area contributed by atoms with E-state index in [1.807, 2.05) is 32.9 Å². The van der Waals surface area contributed by atoms with Crippen molar-refractivity contribution in [2.45, 2.75) is 53.4 Å². The molecule has 7 heteroatoms. The molecule has 1 aliphatic carbocycles. The van der Waals surface area contributed by atoms with Crippen molar-refractivity contribution in [2.24, 2.45) is 5.41 Å². The second-order valence-electron chi connectivity index (χ2n) is 9.17. The van der Waals surface area contributed by atoms with E-state index in [4.69, 9.17) is 0 Å². The van der Waals surface area contributed by atoms with E-state index < -0.39 is 11.5 Å². The maximum Gasteiger partial charge on any atom is 0.263 e. The van der Waals surface area contributed by atoms with E-state index in [2.05, 4.69) is 34.3 Å². The van der Waals surface area contributed by atoms with Gasteiger partial charge in [0.1, 0.15) is 5.56 Å². The number of pyridine rings is 1. The third-order valence-electron chi connectivity index (χ3n) is 5.75. The number of aromatic amines is 1. The van der Waals surface area contributed by atoms with Gasteiger partial charge in [-0.1, -0.05) is 51.5 Å². The van der Waals surface area contributed by atoms with Crippen molar-refractivity contribution in [3.05, 3.63) is 67.9 Å². The molecular formula is C25H27N3O3S. The number of amides is 1. The van der Waals surface area contributed by atoms with Crippen LogP contribution in [0.3, 0.4) is 0 Å². The zero-order chi connectivity index (χ0) is 23.0. The summed E-state index contributed by atoms with van der Waals surface area (Å²) < 4.78 is 0. The van der Waals surface area contributed by atoms with Crippen molar-refractivity contribution in [3.63, 3.8) is 0 Å². The minimum absolute atomic E-state index is 0.0551. The van der Waals surface area contributed by atoms with E-state index in [0.717, 1.165) is 29.0 Å². The van der Waals surface area contributed by atoms with Gasteiger partial charge in [0.2, 0.25) is 0 Å². The lowest BCUT2D eigenvalue weighted by Crippen LogP contribution is -2.32. The van der Waals surface area contributed by atoms with Crippen molar-refractivity contribution in [1.29, 1.82) is 0 Å². The molecule has 2 heterocycles. The average Bonchev–Trinajstić information content (AvgIpc) is 3.07. The van der Waals surface area contributed by atoms with Crippen LogP contribution >= 0.6 is 11.3 Å². The van der Waals surface area contributed by atoms with E-state index >= 15 is 0 Å².